The highest BCUT2D eigenvalue weighted by molar-refractivity contribution is 5.98. The Balaban J connectivity index is 2.00. The summed E-state index contributed by atoms with van der Waals surface area (Å²) >= 11 is 0. The number of rotatable bonds is 3. The van der Waals surface area contributed by atoms with Crippen LogP contribution in [0.3, 0.4) is 0 Å². The van der Waals surface area contributed by atoms with Gasteiger partial charge in [-0.1, -0.05) is 23.8 Å². The Morgan fingerprint density at radius 1 is 1.32 bits per heavy atom. The summed E-state index contributed by atoms with van der Waals surface area (Å²) in [5, 5.41) is 0. The Bertz CT molecular complexity index is 485. The molecule has 0 radical (unpaired) electrons. The number of hydrogen-bond donors (Lipinski definition) is 0. The quantitative estimate of drug-likeness (QED) is 0.770. The van der Waals surface area contributed by atoms with Gasteiger partial charge in [0.2, 0.25) is 5.91 Å². The number of aryl methyl sites for hydroxylation is 1. The summed E-state index contributed by atoms with van der Waals surface area (Å²) in [7, 11) is 1.81. The van der Waals surface area contributed by atoms with E-state index in [0.29, 0.717) is 13.1 Å². The molecule has 0 atom stereocenters. The van der Waals surface area contributed by atoms with Crippen molar-refractivity contribution in [3.63, 3.8) is 0 Å². The third kappa shape index (κ3) is 3.64. The van der Waals surface area contributed by atoms with Crippen LogP contribution in [0.1, 0.15) is 22.3 Å². The fourth-order valence-corrected chi connectivity index (χ4v) is 2.30. The maximum atomic E-state index is 12.2. The molecule has 1 amide bonds. The standard InChI is InChI=1S/C15H20N2O2/c1-12-5-3-6-13(9-12)14(18)10-17-8-4-7-16(2)15(19)11-17/h3,5-6,9H,4,7-8,10-11H2,1-2H3. The van der Waals surface area contributed by atoms with E-state index in [4.69, 9.17) is 0 Å². The zero-order valence-electron chi connectivity index (χ0n) is 11.6. The predicted molar refractivity (Wildman–Crippen MR) is 74.2 cm³/mol. The second kappa shape index (κ2) is 5.97. The van der Waals surface area contributed by atoms with Crippen LogP contribution < -0.4 is 0 Å². The van der Waals surface area contributed by atoms with E-state index in [1.54, 1.807) is 4.90 Å². The number of Topliss-reactive ketones (excluding diaryl/α,β-unsaturated/α-hetero) is 1. The molecular formula is C15H20N2O2. The van der Waals surface area contributed by atoms with Crippen molar-refractivity contribution in [2.45, 2.75) is 13.3 Å². The fraction of sp³-hybridized carbons (Fsp3) is 0.467. The molecule has 0 bridgehead atoms. The van der Waals surface area contributed by atoms with Gasteiger partial charge in [0.1, 0.15) is 0 Å². The highest BCUT2D eigenvalue weighted by Crippen LogP contribution is 2.08. The molecule has 4 heteroatoms. The number of amides is 1. The summed E-state index contributed by atoms with van der Waals surface area (Å²) in [5.41, 5.74) is 1.81. The minimum atomic E-state index is 0.0843. The number of benzene rings is 1. The number of hydrogen-bond acceptors (Lipinski definition) is 3. The van der Waals surface area contributed by atoms with Crippen LogP contribution in [0.2, 0.25) is 0 Å². The van der Waals surface area contributed by atoms with E-state index in [-0.39, 0.29) is 11.7 Å². The van der Waals surface area contributed by atoms with Crippen molar-refractivity contribution in [2.75, 3.05) is 33.2 Å². The van der Waals surface area contributed by atoms with Crippen LogP contribution in [-0.2, 0) is 4.79 Å². The van der Waals surface area contributed by atoms with Crippen molar-refractivity contribution in [3.05, 3.63) is 35.4 Å². The van der Waals surface area contributed by atoms with E-state index in [1.807, 2.05) is 43.1 Å². The lowest BCUT2D eigenvalue weighted by Crippen LogP contribution is -2.37. The number of carbonyl (C=O) groups excluding carboxylic acids is 2. The minimum absolute atomic E-state index is 0.0843. The first-order chi connectivity index (χ1) is 9.06. The summed E-state index contributed by atoms with van der Waals surface area (Å²) < 4.78 is 0. The maximum Gasteiger partial charge on any atom is 0.236 e. The van der Waals surface area contributed by atoms with Gasteiger partial charge in [-0.25, -0.2) is 0 Å². The van der Waals surface area contributed by atoms with E-state index >= 15 is 0 Å². The van der Waals surface area contributed by atoms with Crippen molar-refractivity contribution < 1.29 is 9.59 Å². The molecule has 19 heavy (non-hydrogen) atoms. The Labute approximate surface area is 114 Å². The van der Waals surface area contributed by atoms with Crippen molar-refractivity contribution in [3.8, 4) is 0 Å². The van der Waals surface area contributed by atoms with Crippen molar-refractivity contribution in [2.24, 2.45) is 0 Å². The summed E-state index contributed by atoms with van der Waals surface area (Å²) in [6.45, 7) is 4.21. The van der Waals surface area contributed by atoms with Gasteiger partial charge in [-0.05, 0) is 19.4 Å². The molecule has 1 heterocycles. The molecule has 1 aromatic carbocycles. The predicted octanol–water partition coefficient (Wildman–Crippen LogP) is 1.34. The lowest BCUT2D eigenvalue weighted by atomic mass is 10.1. The summed E-state index contributed by atoms with van der Waals surface area (Å²) in [6.07, 6.45) is 0.920. The molecule has 0 unspecified atom stereocenters. The first-order valence-electron chi connectivity index (χ1n) is 6.62. The molecule has 0 aromatic heterocycles. The zero-order valence-corrected chi connectivity index (χ0v) is 11.6. The van der Waals surface area contributed by atoms with Gasteiger partial charge >= 0.3 is 0 Å². The summed E-state index contributed by atoms with van der Waals surface area (Å²) in [5.74, 6) is 0.176. The molecule has 1 saturated heterocycles. The van der Waals surface area contributed by atoms with E-state index in [9.17, 15) is 9.59 Å². The van der Waals surface area contributed by atoms with Gasteiger partial charge in [0.15, 0.2) is 5.78 Å². The molecule has 1 aromatic rings. The van der Waals surface area contributed by atoms with Crippen molar-refractivity contribution >= 4 is 11.7 Å². The molecule has 102 valence electrons. The van der Waals surface area contributed by atoms with Gasteiger partial charge in [0, 0.05) is 25.7 Å². The number of carbonyl (C=O) groups is 2. The highest BCUT2D eigenvalue weighted by Gasteiger charge is 2.21. The Morgan fingerprint density at radius 3 is 2.84 bits per heavy atom. The van der Waals surface area contributed by atoms with Crippen LogP contribution in [0.25, 0.3) is 0 Å². The van der Waals surface area contributed by atoms with E-state index in [2.05, 4.69) is 0 Å². The summed E-state index contributed by atoms with van der Waals surface area (Å²) in [4.78, 5) is 27.6. The third-order valence-electron chi connectivity index (χ3n) is 3.46. The first-order valence-corrected chi connectivity index (χ1v) is 6.62. The topological polar surface area (TPSA) is 40.6 Å². The Kier molecular flexibility index (Phi) is 4.32. The molecule has 4 nitrogen and oxygen atoms in total. The average molecular weight is 260 g/mol. The van der Waals surface area contributed by atoms with Gasteiger partial charge < -0.3 is 4.90 Å². The number of likely N-dealkylation sites (N-methyl/N-ethyl adjacent to an activating group) is 1. The van der Waals surface area contributed by atoms with Crippen molar-refractivity contribution in [1.29, 1.82) is 0 Å². The molecule has 0 N–H and O–H groups in total. The van der Waals surface area contributed by atoms with Crippen molar-refractivity contribution in [1.82, 2.24) is 9.80 Å². The number of nitrogens with zero attached hydrogens (tertiary/aromatic N) is 2. The van der Waals surface area contributed by atoms with Crippen LogP contribution in [0.5, 0.6) is 0 Å². The monoisotopic (exact) mass is 260 g/mol. The molecule has 0 spiro atoms. The minimum Gasteiger partial charge on any atom is -0.345 e. The molecular weight excluding hydrogens is 240 g/mol. The molecule has 2 rings (SSSR count). The van der Waals surface area contributed by atoms with Gasteiger partial charge in [-0.15, -0.1) is 0 Å². The van der Waals surface area contributed by atoms with E-state index in [1.165, 1.54) is 0 Å². The summed E-state index contributed by atoms with van der Waals surface area (Å²) in [6, 6.07) is 7.60. The third-order valence-corrected chi connectivity index (χ3v) is 3.46. The fourth-order valence-electron chi connectivity index (χ4n) is 2.30. The zero-order chi connectivity index (χ0) is 13.8. The highest BCUT2D eigenvalue weighted by atomic mass is 16.2. The lowest BCUT2D eigenvalue weighted by molar-refractivity contribution is -0.129. The van der Waals surface area contributed by atoms with Gasteiger partial charge in [0.05, 0.1) is 13.1 Å². The SMILES string of the molecule is Cc1cccc(C(=O)CN2CCCN(C)C(=O)C2)c1. The van der Waals surface area contributed by atoms with E-state index in [0.717, 1.165) is 30.6 Å². The number of ketones is 1. The average Bonchev–Trinajstić information content (AvgIpc) is 2.52. The second-order valence-corrected chi connectivity index (χ2v) is 5.17. The van der Waals surface area contributed by atoms with E-state index < -0.39 is 0 Å². The molecule has 0 saturated carbocycles. The second-order valence-electron chi connectivity index (χ2n) is 5.17. The normalized spacial score (nSPS) is 17.4. The van der Waals surface area contributed by atoms with Crippen LogP contribution in [0, 0.1) is 6.92 Å². The van der Waals surface area contributed by atoms with Crippen LogP contribution in [-0.4, -0.2) is 54.7 Å². The first kappa shape index (κ1) is 13.7. The molecule has 1 fully saturated rings. The smallest absolute Gasteiger partial charge is 0.236 e. The van der Waals surface area contributed by atoms with Crippen LogP contribution >= 0.6 is 0 Å². The Hall–Kier alpha value is -1.68. The maximum absolute atomic E-state index is 12.2. The van der Waals surface area contributed by atoms with Gasteiger partial charge in [0.25, 0.3) is 0 Å². The van der Waals surface area contributed by atoms with Gasteiger partial charge in [-0.2, -0.15) is 0 Å². The van der Waals surface area contributed by atoms with Crippen LogP contribution in [0.15, 0.2) is 24.3 Å². The molecule has 1 aliphatic heterocycles. The molecule has 1 aliphatic rings. The van der Waals surface area contributed by atoms with Crippen LogP contribution in [0.4, 0.5) is 0 Å². The Morgan fingerprint density at radius 2 is 2.11 bits per heavy atom. The molecule has 0 aliphatic carbocycles. The lowest BCUT2D eigenvalue weighted by Gasteiger charge is -2.18. The largest absolute Gasteiger partial charge is 0.345 e. The van der Waals surface area contributed by atoms with Gasteiger partial charge in [-0.3, -0.25) is 14.5 Å².